The third-order valence-corrected chi connectivity index (χ3v) is 2.23. The summed E-state index contributed by atoms with van der Waals surface area (Å²) in [7, 11) is 0. The molecule has 2 aromatic rings. The van der Waals surface area contributed by atoms with Gasteiger partial charge in [0.1, 0.15) is 11.5 Å². The number of rotatable bonds is 4. The van der Waals surface area contributed by atoms with Crippen LogP contribution in [0.1, 0.15) is 17.3 Å². The lowest BCUT2D eigenvalue weighted by atomic mass is 10.3. The van der Waals surface area contributed by atoms with Crippen molar-refractivity contribution in [3.8, 4) is 5.75 Å². The normalized spacial score (nSPS) is 9.22. The number of benzene rings is 1. The fraction of sp³-hybridized carbons (Fsp3) is 0.250. The van der Waals surface area contributed by atoms with Gasteiger partial charge >= 0.3 is 0 Å². The Bertz CT molecular complexity index is 460. The topological polar surface area (TPSA) is 61.3 Å². The van der Waals surface area contributed by atoms with Crippen molar-refractivity contribution >= 4 is 24.8 Å². The van der Waals surface area contributed by atoms with Crippen molar-refractivity contribution in [2.24, 2.45) is 5.73 Å². The summed E-state index contributed by atoms with van der Waals surface area (Å²) in [5, 5.41) is 0. The maximum absolute atomic E-state index is 5.51. The number of ether oxygens (including phenoxy) is 1. The molecule has 1 heterocycles. The van der Waals surface area contributed by atoms with Crippen molar-refractivity contribution in [1.82, 2.24) is 4.98 Å². The smallest absolute Gasteiger partial charge is 0.232 e. The molecule has 1 aromatic heterocycles. The first-order valence-electron chi connectivity index (χ1n) is 5.12. The maximum atomic E-state index is 5.51. The monoisotopic (exact) mass is 290 g/mol. The largest absolute Gasteiger partial charge is 0.484 e. The number of aromatic nitrogens is 1. The summed E-state index contributed by atoms with van der Waals surface area (Å²) in [4.78, 5) is 4.22. The van der Waals surface area contributed by atoms with E-state index >= 15 is 0 Å². The third-order valence-electron chi connectivity index (χ3n) is 2.23. The van der Waals surface area contributed by atoms with E-state index in [1.807, 2.05) is 37.3 Å². The number of aryl methyl sites for hydroxylation is 1. The van der Waals surface area contributed by atoms with Gasteiger partial charge < -0.3 is 14.9 Å². The predicted octanol–water partition coefficient (Wildman–Crippen LogP) is 2.86. The number of hydrogen-bond donors (Lipinski definition) is 1. The summed E-state index contributed by atoms with van der Waals surface area (Å²) in [6, 6.07) is 9.55. The SMILES string of the molecule is Cc1nc(COc2ccccc2)oc1CN.Cl.Cl. The molecule has 0 saturated heterocycles. The standard InChI is InChI=1S/C12H14N2O2.2ClH/c1-9-11(7-13)16-12(14-9)8-15-10-5-3-2-4-6-10;;/h2-6H,7-8,13H2,1H3;2*1H. The molecule has 0 spiro atoms. The van der Waals surface area contributed by atoms with Gasteiger partial charge in [-0.1, -0.05) is 18.2 Å². The molecule has 2 rings (SSSR count). The molecule has 100 valence electrons. The lowest BCUT2D eigenvalue weighted by Crippen LogP contribution is -1.96. The molecule has 0 aliphatic carbocycles. The Labute approximate surface area is 118 Å². The molecular weight excluding hydrogens is 275 g/mol. The zero-order valence-corrected chi connectivity index (χ0v) is 11.6. The van der Waals surface area contributed by atoms with Crippen molar-refractivity contribution < 1.29 is 9.15 Å². The molecule has 0 aliphatic heterocycles. The van der Waals surface area contributed by atoms with Gasteiger partial charge in [0.25, 0.3) is 0 Å². The first-order valence-corrected chi connectivity index (χ1v) is 5.12. The van der Waals surface area contributed by atoms with E-state index < -0.39 is 0 Å². The molecule has 0 atom stereocenters. The predicted molar refractivity (Wildman–Crippen MR) is 74.4 cm³/mol. The second-order valence-corrected chi connectivity index (χ2v) is 3.42. The van der Waals surface area contributed by atoms with Crippen LogP contribution < -0.4 is 10.5 Å². The zero-order chi connectivity index (χ0) is 11.4. The van der Waals surface area contributed by atoms with Crippen molar-refractivity contribution in [3.63, 3.8) is 0 Å². The Morgan fingerprint density at radius 2 is 1.89 bits per heavy atom. The molecule has 0 saturated carbocycles. The number of nitrogens with two attached hydrogens (primary N) is 1. The van der Waals surface area contributed by atoms with E-state index in [1.165, 1.54) is 0 Å². The van der Waals surface area contributed by atoms with Crippen LogP contribution in [0.15, 0.2) is 34.7 Å². The third kappa shape index (κ3) is 4.22. The Balaban J connectivity index is 0.00000144. The first kappa shape index (κ1) is 16.8. The van der Waals surface area contributed by atoms with E-state index in [9.17, 15) is 0 Å². The van der Waals surface area contributed by atoms with Crippen molar-refractivity contribution in [2.45, 2.75) is 20.1 Å². The summed E-state index contributed by atoms with van der Waals surface area (Å²) in [5.74, 6) is 2.07. The minimum absolute atomic E-state index is 0. The number of para-hydroxylation sites is 1. The summed E-state index contributed by atoms with van der Waals surface area (Å²) >= 11 is 0. The second kappa shape index (κ2) is 7.97. The molecule has 0 bridgehead atoms. The van der Waals surface area contributed by atoms with Gasteiger partial charge in [-0.3, -0.25) is 0 Å². The molecule has 0 fully saturated rings. The average Bonchev–Trinajstić information content (AvgIpc) is 2.69. The van der Waals surface area contributed by atoms with Crippen LogP contribution in [-0.2, 0) is 13.2 Å². The molecular formula is C12H16Cl2N2O2. The van der Waals surface area contributed by atoms with Gasteiger partial charge in [0.15, 0.2) is 6.61 Å². The van der Waals surface area contributed by atoms with E-state index in [2.05, 4.69) is 4.98 Å². The van der Waals surface area contributed by atoms with Crippen molar-refractivity contribution in [2.75, 3.05) is 0 Å². The lowest BCUT2D eigenvalue weighted by Gasteiger charge is -2.01. The highest BCUT2D eigenvalue weighted by Gasteiger charge is 2.08. The van der Waals surface area contributed by atoms with Crippen LogP contribution in [0.2, 0.25) is 0 Å². The molecule has 0 unspecified atom stereocenters. The highest BCUT2D eigenvalue weighted by atomic mass is 35.5. The zero-order valence-electron chi connectivity index (χ0n) is 9.96. The highest BCUT2D eigenvalue weighted by molar-refractivity contribution is 5.85. The van der Waals surface area contributed by atoms with Crippen molar-refractivity contribution in [1.29, 1.82) is 0 Å². The highest BCUT2D eigenvalue weighted by Crippen LogP contribution is 2.13. The molecule has 4 nitrogen and oxygen atoms in total. The van der Waals surface area contributed by atoms with Crippen molar-refractivity contribution in [3.05, 3.63) is 47.7 Å². The molecule has 1 aromatic carbocycles. The Morgan fingerprint density at radius 3 is 2.44 bits per heavy atom. The van der Waals surface area contributed by atoms with E-state index in [4.69, 9.17) is 14.9 Å². The summed E-state index contributed by atoms with van der Waals surface area (Å²) in [5.41, 5.74) is 6.32. The minimum Gasteiger partial charge on any atom is -0.484 e. The number of halogens is 2. The van der Waals surface area contributed by atoms with Crippen LogP contribution in [0.5, 0.6) is 5.75 Å². The molecule has 0 aliphatic rings. The number of hydrogen-bond acceptors (Lipinski definition) is 4. The molecule has 6 heteroatoms. The van der Waals surface area contributed by atoms with Crippen LogP contribution >= 0.6 is 24.8 Å². The van der Waals surface area contributed by atoms with E-state index in [1.54, 1.807) is 0 Å². The number of oxazole rings is 1. The van der Waals surface area contributed by atoms with Crippen LogP contribution in [0.3, 0.4) is 0 Å². The number of nitrogens with zero attached hydrogens (tertiary/aromatic N) is 1. The van der Waals surface area contributed by atoms with Crippen LogP contribution in [0.4, 0.5) is 0 Å². The molecule has 0 radical (unpaired) electrons. The van der Waals surface area contributed by atoms with Gasteiger partial charge in [-0.05, 0) is 19.1 Å². The van der Waals surface area contributed by atoms with Gasteiger partial charge in [0.2, 0.25) is 5.89 Å². The Kier molecular flexibility index (Phi) is 7.43. The van der Waals surface area contributed by atoms with E-state index in [0.29, 0.717) is 24.8 Å². The lowest BCUT2D eigenvalue weighted by molar-refractivity contribution is 0.259. The van der Waals surface area contributed by atoms with Gasteiger partial charge in [-0.2, -0.15) is 0 Å². The first-order chi connectivity index (χ1) is 7.79. The summed E-state index contributed by atoms with van der Waals surface area (Å²) in [6.45, 7) is 2.56. The molecule has 0 amide bonds. The maximum Gasteiger partial charge on any atom is 0.232 e. The van der Waals surface area contributed by atoms with Gasteiger partial charge in [0, 0.05) is 0 Å². The molecule has 2 N–H and O–H groups in total. The van der Waals surface area contributed by atoms with E-state index in [-0.39, 0.29) is 24.8 Å². The summed E-state index contributed by atoms with van der Waals surface area (Å²) in [6.07, 6.45) is 0. The van der Waals surface area contributed by atoms with E-state index in [0.717, 1.165) is 11.4 Å². The average molecular weight is 291 g/mol. The van der Waals surface area contributed by atoms with Gasteiger partial charge in [-0.25, -0.2) is 4.98 Å². The fourth-order valence-corrected chi connectivity index (χ4v) is 1.40. The van der Waals surface area contributed by atoms with Crippen LogP contribution in [-0.4, -0.2) is 4.98 Å². The van der Waals surface area contributed by atoms with Gasteiger partial charge in [-0.15, -0.1) is 24.8 Å². The van der Waals surface area contributed by atoms with Crippen LogP contribution in [0.25, 0.3) is 0 Å². The quantitative estimate of drug-likeness (QED) is 0.941. The fourth-order valence-electron chi connectivity index (χ4n) is 1.40. The Hall–Kier alpha value is -1.23. The molecule has 18 heavy (non-hydrogen) atoms. The second-order valence-electron chi connectivity index (χ2n) is 3.42. The minimum atomic E-state index is 0. The Morgan fingerprint density at radius 1 is 1.22 bits per heavy atom. The summed E-state index contributed by atoms with van der Waals surface area (Å²) < 4.78 is 10.9. The van der Waals surface area contributed by atoms with Crippen LogP contribution in [0, 0.1) is 6.92 Å². The van der Waals surface area contributed by atoms with Gasteiger partial charge in [0.05, 0.1) is 12.2 Å².